The van der Waals surface area contributed by atoms with Gasteiger partial charge in [-0.2, -0.15) is 5.10 Å². The number of benzene rings is 3. The lowest BCUT2D eigenvalue weighted by molar-refractivity contribution is 0.0730. The van der Waals surface area contributed by atoms with Crippen molar-refractivity contribution in [3.63, 3.8) is 0 Å². The van der Waals surface area contributed by atoms with E-state index in [2.05, 4.69) is 15.2 Å². The number of H-pyrrole nitrogens is 1. The number of fused-ring (bicyclic) bond motifs is 1. The second-order valence-electron chi connectivity index (χ2n) is 7.33. The molecule has 3 aromatic carbocycles. The molecule has 166 valence electrons. The summed E-state index contributed by atoms with van der Waals surface area (Å²) in [5.74, 6) is -0.702. The van der Waals surface area contributed by atoms with Crippen molar-refractivity contribution in [2.24, 2.45) is 0 Å². The molecular formula is C27H18FN3O2S. The molecule has 0 spiro atoms. The summed E-state index contributed by atoms with van der Waals surface area (Å²) in [6.45, 7) is 0. The van der Waals surface area contributed by atoms with Crippen LogP contribution >= 0.6 is 11.8 Å². The van der Waals surface area contributed by atoms with Gasteiger partial charge < -0.3 is 4.74 Å². The summed E-state index contributed by atoms with van der Waals surface area (Å²) < 4.78 is 20.2. The smallest absolute Gasteiger partial charge is 0.344 e. The Labute approximate surface area is 199 Å². The topological polar surface area (TPSA) is 67.9 Å². The van der Waals surface area contributed by atoms with Crippen LogP contribution in [0.3, 0.4) is 0 Å². The van der Waals surface area contributed by atoms with E-state index in [1.807, 2.05) is 54.6 Å². The Morgan fingerprint density at radius 1 is 0.941 bits per heavy atom. The Bertz CT molecular complexity index is 1480. The van der Waals surface area contributed by atoms with Crippen molar-refractivity contribution in [2.75, 3.05) is 0 Å². The maximum Gasteiger partial charge on any atom is 0.344 e. The summed E-state index contributed by atoms with van der Waals surface area (Å²) in [5, 5.41) is 8.31. The summed E-state index contributed by atoms with van der Waals surface area (Å²) in [5.41, 5.74) is 2.57. The zero-order chi connectivity index (χ0) is 23.3. The number of hydrogen-bond acceptors (Lipinski definition) is 5. The number of hydrogen-bond donors (Lipinski definition) is 1. The van der Waals surface area contributed by atoms with Crippen LogP contribution in [-0.4, -0.2) is 21.2 Å². The van der Waals surface area contributed by atoms with Gasteiger partial charge >= 0.3 is 5.97 Å². The zero-order valence-corrected chi connectivity index (χ0v) is 18.6. The number of pyridine rings is 1. The van der Waals surface area contributed by atoms with Gasteiger partial charge in [-0.05, 0) is 66.7 Å². The predicted octanol–water partition coefficient (Wildman–Crippen LogP) is 6.64. The van der Waals surface area contributed by atoms with Crippen LogP contribution in [0.5, 0.6) is 5.75 Å². The molecule has 0 atom stereocenters. The Kier molecular flexibility index (Phi) is 6.18. The van der Waals surface area contributed by atoms with Crippen LogP contribution in [0.15, 0.2) is 101 Å². The highest BCUT2D eigenvalue weighted by Gasteiger charge is 2.19. The fourth-order valence-electron chi connectivity index (χ4n) is 3.39. The Hall–Kier alpha value is -4.23. The predicted molar refractivity (Wildman–Crippen MR) is 131 cm³/mol. The Balaban J connectivity index is 1.40. The largest absolute Gasteiger partial charge is 0.423 e. The van der Waals surface area contributed by atoms with Crippen LogP contribution in [0.1, 0.15) is 21.7 Å². The number of nitrogens with one attached hydrogen (secondary N) is 1. The van der Waals surface area contributed by atoms with Crippen molar-refractivity contribution in [3.8, 4) is 5.75 Å². The molecule has 0 fully saturated rings. The number of para-hydroxylation sites is 1. The standard InChI is InChI=1S/C27H18FN3O2S/c28-23-11-6-10-22(27(32)33-19-8-2-1-3-9-19)26(23)34-20-13-14-21-24(30-31-25(21)17-20)15-12-18-7-4-5-16-29-18/h1-17H,(H,30,31)/b15-12+. The van der Waals surface area contributed by atoms with Gasteiger partial charge in [0.15, 0.2) is 0 Å². The van der Waals surface area contributed by atoms with Crippen molar-refractivity contribution in [1.82, 2.24) is 15.2 Å². The van der Waals surface area contributed by atoms with E-state index in [0.717, 1.165) is 38.9 Å². The molecule has 0 aliphatic heterocycles. The van der Waals surface area contributed by atoms with E-state index >= 15 is 0 Å². The maximum absolute atomic E-state index is 14.8. The second-order valence-corrected chi connectivity index (χ2v) is 8.41. The highest BCUT2D eigenvalue weighted by atomic mass is 32.2. The molecule has 5 nitrogen and oxygen atoms in total. The van der Waals surface area contributed by atoms with Crippen LogP contribution in [0.4, 0.5) is 4.39 Å². The van der Waals surface area contributed by atoms with Gasteiger partial charge in [-0.3, -0.25) is 10.1 Å². The summed E-state index contributed by atoms with van der Waals surface area (Å²) in [6.07, 6.45) is 5.52. The first-order valence-corrected chi connectivity index (χ1v) is 11.3. The first kappa shape index (κ1) is 21.6. The number of halogens is 1. The highest BCUT2D eigenvalue weighted by molar-refractivity contribution is 7.99. The molecule has 5 aromatic rings. The molecule has 0 aliphatic carbocycles. The lowest BCUT2D eigenvalue weighted by Gasteiger charge is -2.10. The van der Waals surface area contributed by atoms with Crippen molar-refractivity contribution >= 4 is 40.8 Å². The molecule has 0 bridgehead atoms. The fourth-order valence-corrected chi connectivity index (χ4v) is 4.37. The number of ether oxygens (including phenoxy) is 1. The summed E-state index contributed by atoms with van der Waals surface area (Å²) in [4.78, 5) is 18.0. The van der Waals surface area contributed by atoms with Crippen molar-refractivity contribution in [3.05, 3.63) is 114 Å². The summed E-state index contributed by atoms with van der Waals surface area (Å²) in [6, 6.07) is 24.5. The molecule has 0 saturated carbocycles. The molecule has 34 heavy (non-hydrogen) atoms. The number of aromatic nitrogens is 3. The third kappa shape index (κ3) is 4.74. The number of carbonyl (C=O) groups is 1. The number of carbonyl (C=O) groups excluding carboxylic acids is 1. The third-order valence-corrected chi connectivity index (χ3v) is 6.13. The molecule has 2 heterocycles. The van der Waals surface area contributed by atoms with E-state index in [1.165, 1.54) is 12.1 Å². The molecule has 1 N–H and O–H groups in total. The minimum Gasteiger partial charge on any atom is -0.423 e. The monoisotopic (exact) mass is 467 g/mol. The molecule has 0 aliphatic rings. The van der Waals surface area contributed by atoms with E-state index in [4.69, 9.17) is 4.74 Å². The average molecular weight is 468 g/mol. The Morgan fingerprint density at radius 3 is 2.62 bits per heavy atom. The fraction of sp³-hybridized carbons (Fsp3) is 0. The second kappa shape index (κ2) is 9.72. The number of rotatable bonds is 6. The number of nitrogens with zero attached hydrogens (tertiary/aromatic N) is 2. The summed E-state index contributed by atoms with van der Waals surface area (Å²) >= 11 is 1.16. The number of aromatic amines is 1. The molecule has 5 rings (SSSR count). The normalized spacial score (nSPS) is 11.2. The molecule has 0 saturated heterocycles. The lowest BCUT2D eigenvalue weighted by atomic mass is 10.2. The van der Waals surface area contributed by atoms with Crippen LogP contribution in [0, 0.1) is 5.82 Å². The van der Waals surface area contributed by atoms with Crippen LogP contribution < -0.4 is 4.74 Å². The Morgan fingerprint density at radius 2 is 1.79 bits per heavy atom. The molecular weight excluding hydrogens is 449 g/mol. The first-order valence-electron chi connectivity index (χ1n) is 10.5. The van der Waals surface area contributed by atoms with Crippen molar-refractivity contribution in [2.45, 2.75) is 9.79 Å². The quantitative estimate of drug-likeness (QED) is 0.224. The highest BCUT2D eigenvalue weighted by Crippen LogP contribution is 2.35. The van der Waals surface area contributed by atoms with Crippen molar-refractivity contribution < 1.29 is 13.9 Å². The first-order chi connectivity index (χ1) is 16.7. The molecule has 0 amide bonds. The minimum atomic E-state index is -0.613. The SMILES string of the molecule is O=C(Oc1ccccc1)c1cccc(F)c1Sc1ccc2c(/C=C/c3ccccn3)n[nH]c2c1. The van der Waals surface area contributed by atoms with E-state index < -0.39 is 11.8 Å². The van der Waals surface area contributed by atoms with Gasteiger partial charge in [-0.15, -0.1) is 0 Å². The van der Waals surface area contributed by atoms with E-state index in [9.17, 15) is 9.18 Å². The van der Waals surface area contributed by atoms with E-state index in [-0.39, 0.29) is 10.5 Å². The summed E-state index contributed by atoms with van der Waals surface area (Å²) in [7, 11) is 0. The van der Waals surface area contributed by atoms with Crippen LogP contribution in [0.2, 0.25) is 0 Å². The van der Waals surface area contributed by atoms with Gasteiger partial charge in [0.1, 0.15) is 11.6 Å². The lowest BCUT2D eigenvalue weighted by Crippen LogP contribution is -2.10. The van der Waals surface area contributed by atoms with E-state index in [0.29, 0.717) is 5.75 Å². The molecule has 2 aromatic heterocycles. The van der Waals surface area contributed by atoms with Crippen LogP contribution in [-0.2, 0) is 0 Å². The van der Waals surface area contributed by atoms with Crippen LogP contribution in [0.25, 0.3) is 23.1 Å². The number of esters is 1. The maximum atomic E-state index is 14.8. The van der Waals surface area contributed by atoms with Gasteiger partial charge in [-0.1, -0.05) is 42.1 Å². The van der Waals surface area contributed by atoms with Gasteiger partial charge in [0.25, 0.3) is 0 Å². The molecule has 7 heteroatoms. The van der Waals surface area contributed by atoms with Crippen molar-refractivity contribution in [1.29, 1.82) is 0 Å². The van der Waals surface area contributed by atoms with Gasteiger partial charge in [0, 0.05) is 16.5 Å². The molecule has 0 radical (unpaired) electrons. The average Bonchev–Trinajstić information content (AvgIpc) is 3.27. The van der Waals surface area contributed by atoms with Gasteiger partial charge in [-0.25, -0.2) is 9.18 Å². The van der Waals surface area contributed by atoms with Gasteiger partial charge in [0.2, 0.25) is 0 Å². The zero-order valence-electron chi connectivity index (χ0n) is 17.8. The minimum absolute atomic E-state index is 0.164. The van der Waals surface area contributed by atoms with Gasteiger partial charge in [0.05, 0.1) is 27.4 Å². The van der Waals surface area contributed by atoms with E-state index in [1.54, 1.807) is 36.5 Å². The third-order valence-electron chi connectivity index (χ3n) is 5.02. The molecule has 0 unspecified atom stereocenters.